The molecule has 0 spiro atoms. The van der Waals surface area contributed by atoms with Gasteiger partial charge in [0.15, 0.2) is 0 Å². The van der Waals surface area contributed by atoms with Gasteiger partial charge >= 0.3 is 5.97 Å². The molecule has 0 radical (unpaired) electrons. The summed E-state index contributed by atoms with van der Waals surface area (Å²) < 4.78 is 11.2. The third-order valence-electron chi connectivity index (χ3n) is 4.22. The minimum absolute atomic E-state index is 0.0260. The fourth-order valence-corrected chi connectivity index (χ4v) is 2.99. The lowest BCUT2D eigenvalue weighted by Crippen LogP contribution is -2.41. The van der Waals surface area contributed by atoms with Crippen LogP contribution >= 0.6 is 0 Å². The van der Waals surface area contributed by atoms with Crippen molar-refractivity contribution < 1.29 is 19.1 Å². The highest BCUT2D eigenvalue weighted by molar-refractivity contribution is 5.85. The second-order valence-electron chi connectivity index (χ2n) is 7.72. The van der Waals surface area contributed by atoms with E-state index in [-0.39, 0.29) is 24.8 Å². The predicted octanol–water partition coefficient (Wildman–Crippen LogP) is 3.49. The molecule has 1 amide bonds. The molecule has 0 aromatic heterocycles. The average molecular weight is 367 g/mol. The molecule has 1 aliphatic heterocycles. The maximum atomic E-state index is 12.4. The highest BCUT2D eigenvalue weighted by Gasteiger charge is 2.27. The van der Waals surface area contributed by atoms with E-state index in [1.54, 1.807) is 4.90 Å². The summed E-state index contributed by atoms with van der Waals surface area (Å²) in [6.45, 7) is 6.31. The smallest absolute Gasteiger partial charge is 0.326 e. The molecule has 2 aromatic rings. The van der Waals surface area contributed by atoms with Gasteiger partial charge in [-0.05, 0) is 49.6 Å². The SMILES string of the molecule is CC(C)(C)OC(=O)CN1Cc2ccc(OCc3ccccc3)cc2CC1=O. The first-order valence-electron chi connectivity index (χ1n) is 9.08. The Bertz CT molecular complexity index is 824. The van der Waals surface area contributed by atoms with Gasteiger partial charge in [0.1, 0.15) is 24.5 Å². The molecule has 0 saturated heterocycles. The Balaban J connectivity index is 1.63. The van der Waals surface area contributed by atoms with Gasteiger partial charge < -0.3 is 14.4 Å². The van der Waals surface area contributed by atoms with Crippen molar-refractivity contribution in [1.29, 1.82) is 0 Å². The second kappa shape index (κ2) is 7.82. The molecule has 1 heterocycles. The zero-order valence-electron chi connectivity index (χ0n) is 16.0. The maximum Gasteiger partial charge on any atom is 0.326 e. The standard InChI is InChI=1S/C22H25NO4/c1-22(2,3)27-21(25)14-23-13-17-9-10-19(11-18(17)12-20(23)24)26-15-16-7-5-4-6-8-16/h4-11H,12-15H2,1-3H3. The van der Waals surface area contributed by atoms with Gasteiger partial charge in [0, 0.05) is 6.54 Å². The molecule has 0 N–H and O–H groups in total. The Labute approximate surface area is 159 Å². The van der Waals surface area contributed by atoms with Gasteiger partial charge in [-0.25, -0.2) is 0 Å². The summed E-state index contributed by atoms with van der Waals surface area (Å²) in [5.74, 6) is 0.279. The molecule has 0 atom stereocenters. The molecule has 0 unspecified atom stereocenters. The predicted molar refractivity (Wildman–Crippen MR) is 102 cm³/mol. The number of benzene rings is 2. The van der Waals surface area contributed by atoms with Crippen LogP contribution in [0.5, 0.6) is 5.75 Å². The van der Waals surface area contributed by atoms with Crippen LogP contribution < -0.4 is 4.74 Å². The zero-order chi connectivity index (χ0) is 19.4. The maximum absolute atomic E-state index is 12.4. The highest BCUT2D eigenvalue weighted by atomic mass is 16.6. The number of carbonyl (C=O) groups is 2. The van der Waals surface area contributed by atoms with Crippen molar-refractivity contribution in [2.75, 3.05) is 6.54 Å². The molecule has 1 aliphatic rings. The van der Waals surface area contributed by atoms with Gasteiger partial charge in [0.25, 0.3) is 0 Å². The summed E-state index contributed by atoms with van der Waals surface area (Å²) in [6.07, 6.45) is 0.265. The van der Waals surface area contributed by atoms with Gasteiger partial charge in [0.2, 0.25) is 5.91 Å². The summed E-state index contributed by atoms with van der Waals surface area (Å²) in [4.78, 5) is 26.0. The zero-order valence-corrected chi connectivity index (χ0v) is 16.0. The molecular formula is C22H25NO4. The number of amides is 1. The van der Waals surface area contributed by atoms with E-state index in [0.717, 1.165) is 22.4 Å². The van der Waals surface area contributed by atoms with Crippen molar-refractivity contribution in [3.63, 3.8) is 0 Å². The topological polar surface area (TPSA) is 55.8 Å². The van der Waals surface area contributed by atoms with Crippen molar-refractivity contribution in [1.82, 2.24) is 4.90 Å². The van der Waals surface area contributed by atoms with Crippen molar-refractivity contribution in [3.05, 3.63) is 65.2 Å². The monoisotopic (exact) mass is 367 g/mol. The van der Waals surface area contributed by atoms with Gasteiger partial charge in [-0.1, -0.05) is 36.4 Å². The lowest BCUT2D eigenvalue weighted by atomic mass is 9.99. The summed E-state index contributed by atoms with van der Waals surface area (Å²) >= 11 is 0. The first-order chi connectivity index (χ1) is 12.8. The van der Waals surface area contributed by atoms with E-state index >= 15 is 0 Å². The summed E-state index contributed by atoms with van der Waals surface area (Å²) in [6, 6.07) is 15.7. The molecule has 3 rings (SSSR count). The lowest BCUT2D eigenvalue weighted by Gasteiger charge is -2.29. The third kappa shape index (κ3) is 5.33. The molecule has 5 nitrogen and oxygen atoms in total. The number of esters is 1. The Kier molecular flexibility index (Phi) is 5.49. The largest absolute Gasteiger partial charge is 0.489 e. The molecule has 0 aliphatic carbocycles. The van der Waals surface area contributed by atoms with Crippen molar-refractivity contribution >= 4 is 11.9 Å². The minimum atomic E-state index is -0.557. The lowest BCUT2D eigenvalue weighted by molar-refractivity contribution is -0.159. The van der Waals surface area contributed by atoms with Gasteiger partial charge in [-0.2, -0.15) is 0 Å². The van der Waals surface area contributed by atoms with Crippen LogP contribution in [0.25, 0.3) is 0 Å². The van der Waals surface area contributed by atoms with E-state index in [0.29, 0.717) is 13.2 Å². The number of ether oxygens (including phenoxy) is 2. The van der Waals surface area contributed by atoms with Crippen molar-refractivity contribution in [2.45, 2.75) is 45.9 Å². The van der Waals surface area contributed by atoms with Crippen molar-refractivity contribution in [2.24, 2.45) is 0 Å². The van der Waals surface area contributed by atoms with Crippen LogP contribution in [0.1, 0.15) is 37.5 Å². The van der Waals surface area contributed by atoms with E-state index in [1.807, 2.05) is 69.3 Å². The van der Waals surface area contributed by atoms with Gasteiger partial charge in [-0.3, -0.25) is 9.59 Å². The number of fused-ring (bicyclic) bond motifs is 1. The fraction of sp³-hybridized carbons (Fsp3) is 0.364. The molecule has 0 fully saturated rings. The van der Waals surface area contributed by atoms with Crippen LogP contribution in [-0.4, -0.2) is 28.9 Å². The van der Waals surface area contributed by atoms with Crippen LogP contribution in [-0.2, 0) is 33.9 Å². The van der Waals surface area contributed by atoms with Gasteiger partial charge in [-0.15, -0.1) is 0 Å². The summed E-state index contributed by atoms with van der Waals surface area (Å²) in [5.41, 5.74) is 2.52. The van der Waals surface area contributed by atoms with Gasteiger partial charge in [0.05, 0.1) is 6.42 Å². The quantitative estimate of drug-likeness (QED) is 0.759. The first-order valence-corrected chi connectivity index (χ1v) is 9.08. The average Bonchev–Trinajstić information content (AvgIpc) is 2.60. The Morgan fingerprint density at radius 1 is 1.07 bits per heavy atom. The minimum Gasteiger partial charge on any atom is -0.489 e. The summed E-state index contributed by atoms with van der Waals surface area (Å²) in [5, 5.41) is 0. The molecule has 5 heteroatoms. The number of rotatable bonds is 5. The second-order valence-corrected chi connectivity index (χ2v) is 7.72. The van der Waals surface area contributed by atoms with E-state index in [9.17, 15) is 9.59 Å². The Morgan fingerprint density at radius 2 is 1.81 bits per heavy atom. The van der Waals surface area contributed by atoms with E-state index in [4.69, 9.17) is 9.47 Å². The van der Waals surface area contributed by atoms with Crippen LogP contribution in [0.2, 0.25) is 0 Å². The van der Waals surface area contributed by atoms with Crippen LogP contribution in [0.4, 0.5) is 0 Å². The molecule has 27 heavy (non-hydrogen) atoms. The van der Waals surface area contributed by atoms with E-state index in [2.05, 4.69) is 0 Å². The Morgan fingerprint density at radius 3 is 2.52 bits per heavy atom. The summed E-state index contributed by atoms with van der Waals surface area (Å²) in [7, 11) is 0. The molecule has 0 saturated carbocycles. The Hall–Kier alpha value is -2.82. The van der Waals surface area contributed by atoms with Crippen LogP contribution in [0.3, 0.4) is 0 Å². The van der Waals surface area contributed by atoms with Crippen LogP contribution in [0, 0.1) is 0 Å². The van der Waals surface area contributed by atoms with Crippen molar-refractivity contribution in [3.8, 4) is 5.75 Å². The number of hydrogen-bond donors (Lipinski definition) is 0. The van der Waals surface area contributed by atoms with E-state index < -0.39 is 5.60 Å². The fourth-order valence-electron chi connectivity index (χ4n) is 2.99. The van der Waals surface area contributed by atoms with Crippen LogP contribution in [0.15, 0.2) is 48.5 Å². The number of nitrogens with zero attached hydrogens (tertiary/aromatic N) is 1. The molecule has 0 bridgehead atoms. The molecular weight excluding hydrogens is 342 g/mol. The number of hydrogen-bond acceptors (Lipinski definition) is 4. The molecule has 2 aromatic carbocycles. The third-order valence-corrected chi connectivity index (χ3v) is 4.22. The first kappa shape index (κ1) is 19.0. The normalized spacial score (nSPS) is 13.9. The number of carbonyl (C=O) groups excluding carboxylic acids is 2. The highest BCUT2D eigenvalue weighted by Crippen LogP contribution is 2.25. The molecule has 142 valence electrons. The van der Waals surface area contributed by atoms with E-state index in [1.165, 1.54) is 0 Å².